The van der Waals surface area contributed by atoms with E-state index in [1.807, 2.05) is 6.07 Å². The zero-order chi connectivity index (χ0) is 15.8. The van der Waals surface area contributed by atoms with Gasteiger partial charge in [0.25, 0.3) is 0 Å². The summed E-state index contributed by atoms with van der Waals surface area (Å²) in [6, 6.07) is 14.1. The second-order valence-corrected chi connectivity index (χ2v) is 4.50. The first-order chi connectivity index (χ1) is 10.8. The van der Waals surface area contributed by atoms with E-state index in [0.717, 1.165) is 0 Å². The fraction of sp³-hybridized carbons (Fsp3) is 0.167. The van der Waals surface area contributed by atoms with Gasteiger partial charge in [-0.05, 0) is 36.4 Å². The molecule has 0 aromatic heterocycles. The smallest absolute Gasteiger partial charge is 0.196 e. The largest absolute Gasteiger partial charge is 0.490 e. The van der Waals surface area contributed by atoms with Gasteiger partial charge in [-0.1, -0.05) is 24.8 Å². The number of benzene rings is 2. The second-order valence-electron chi connectivity index (χ2n) is 4.50. The monoisotopic (exact) mass is 298 g/mol. The van der Waals surface area contributed by atoms with Gasteiger partial charge in [-0.25, -0.2) is 0 Å². The summed E-state index contributed by atoms with van der Waals surface area (Å²) in [4.78, 5) is 12.6. The molecule has 2 rings (SSSR count). The molecule has 0 radical (unpaired) electrons. The van der Waals surface area contributed by atoms with Crippen molar-refractivity contribution in [1.29, 1.82) is 0 Å². The van der Waals surface area contributed by atoms with E-state index in [1.165, 1.54) is 7.11 Å². The Morgan fingerprint density at radius 2 is 1.82 bits per heavy atom. The summed E-state index contributed by atoms with van der Waals surface area (Å²) >= 11 is 0. The molecule has 0 aliphatic heterocycles. The van der Waals surface area contributed by atoms with Gasteiger partial charge < -0.3 is 14.2 Å². The van der Waals surface area contributed by atoms with Gasteiger partial charge in [0.1, 0.15) is 18.1 Å². The Bertz CT molecular complexity index is 632. The topological polar surface area (TPSA) is 44.8 Å². The first kappa shape index (κ1) is 15.8. The molecular formula is C18H18O4. The van der Waals surface area contributed by atoms with Gasteiger partial charge in [0.15, 0.2) is 12.6 Å². The van der Waals surface area contributed by atoms with Gasteiger partial charge in [0.05, 0.1) is 5.56 Å². The Morgan fingerprint density at radius 3 is 2.50 bits per heavy atom. The minimum atomic E-state index is -0.109. The predicted molar refractivity (Wildman–Crippen MR) is 84.5 cm³/mol. The summed E-state index contributed by atoms with van der Waals surface area (Å²) in [5.74, 6) is 1.09. The van der Waals surface area contributed by atoms with Crippen LogP contribution >= 0.6 is 0 Å². The number of ketones is 1. The van der Waals surface area contributed by atoms with E-state index in [0.29, 0.717) is 29.2 Å². The molecule has 0 N–H and O–H groups in total. The van der Waals surface area contributed by atoms with Crippen LogP contribution in [0.3, 0.4) is 0 Å². The number of carbonyl (C=O) groups is 1. The molecule has 0 bridgehead atoms. The number of hydrogen-bond donors (Lipinski definition) is 0. The van der Waals surface area contributed by atoms with Crippen LogP contribution < -0.4 is 9.47 Å². The van der Waals surface area contributed by atoms with E-state index in [1.54, 1.807) is 48.5 Å². The van der Waals surface area contributed by atoms with Crippen LogP contribution in [-0.2, 0) is 4.74 Å². The Hall–Kier alpha value is -2.59. The minimum absolute atomic E-state index is 0.0959. The average Bonchev–Trinajstić information content (AvgIpc) is 2.58. The van der Waals surface area contributed by atoms with Gasteiger partial charge in [-0.2, -0.15) is 0 Å². The summed E-state index contributed by atoms with van der Waals surface area (Å²) in [5.41, 5.74) is 1.07. The van der Waals surface area contributed by atoms with Gasteiger partial charge in [0, 0.05) is 12.7 Å². The number of para-hydroxylation sites is 1. The summed E-state index contributed by atoms with van der Waals surface area (Å²) < 4.78 is 15.7. The zero-order valence-corrected chi connectivity index (χ0v) is 12.5. The van der Waals surface area contributed by atoms with E-state index in [9.17, 15) is 4.79 Å². The molecule has 4 heteroatoms. The molecule has 0 aliphatic carbocycles. The quantitative estimate of drug-likeness (QED) is 0.425. The van der Waals surface area contributed by atoms with Crippen molar-refractivity contribution >= 4 is 5.78 Å². The van der Waals surface area contributed by atoms with Crippen LogP contribution in [0.5, 0.6) is 11.5 Å². The standard InChI is InChI=1S/C18H18O4/c1-3-12-21-15-10-8-14(9-11-15)18(19)16-6-4-5-7-17(16)22-13-20-2/h3-11H,1,12-13H2,2H3. The van der Waals surface area contributed by atoms with Crippen molar-refractivity contribution in [1.82, 2.24) is 0 Å². The second kappa shape index (κ2) is 8.00. The summed E-state index contributed by atoms with van der Waals surface area (Å²) in [6.07, 6.45) is 1.67. The third kappa shape index (κ3) is 3.96. The van der Waals surface area contributed by atoms with Gasteiger partial charge >= 0.3 is 0 Å². The van der Waals surface area contributed by atoms with Gasteiger partial charge in [0.2, 0.25) is 0 Å². The van der Waals surface area contributed by atoms with E-state index < -0.39 is 0 Å². The molecule has 0 atom stereocenters. The third-order valence-corrected chi connectivity index (χ3v) is 2.95. The maximum absolute atomic E-state index is 12.6. The molecule has 0 fully saturated rings. The first-order valence-corrected chi connectivity index (χ1v) is 6.85. The SMILES string of the molecule is C=CCOc1ccc(C(=O)c2ccccc2OCOC)cc1. The summed E-state index contributed by atoms with van der Waals surface area (Å²) in [7, 11) is 1.53. The summed E-state index contributed by atoms with van der Waals surface area (Å²) in [6.45, 7) is 4.12. The highest BCUT2D eigenvalue weighted by atomic mass is 16.7. The zero-order valence-electron chi connectivity index (χ0n) is 12.5. The molecule has 4 nitrogen and oxygen atoms in total. The van der Waals surface area contributed by atoms with Crippen LogP contribution in [0.1, 0.15) is 15.9 Å². The van der Waals surface area contributed by atoms with Crippen LogP contribution in [0.25, 0.3) is 0 Å². The lowest BCUT2D eigenvalue weighted by atomic mass is 10.0. The number of ether oxygens (including phenoxy) is 3. The first-order valence-electron chi connectivity index (χ1n) is 6.85. The molecule has 0 amide bonds. The van der Waals surface area contributed by atoms with E-state index in [-0.39, 0.29) is 12.6 Å². The van der Waals surface area contributed by atoms with Crippen molar-refractivity contribution < 1.29 is 19.0 Å². The highest BCUT2D eigenvalue weighted by Gasteiger charge is 2.14. The normalized spacial score (nSPS) is 10.0. The number of carbonyl (C=O) groups excluding carboxylic acids is 1. The molecule has 0 saturated carbocycles. The molecule has 0 aliphatic rings. The lowest BCUT2D eigenvalue weighted by Gasteiger charge is -2.10. The molecule has 0 heterocycles. The number of rotatable bonds is 8. The van der Waals surface area contributed by atoms with Crippen molar-refractivity contribution in [3.05, 3.63) is 72.3 Å². The van der Waals surface area contributed by atoms with Crippen molar-refractivity contribution in [2.24, 2.45) is 0 Å². The molecule has 2 aromatic rings. The van der Waals surface area contributed by atoms with Crippen molar-refractivity contribution in [2.45, 2.75) is 0 Å². The van der Waals surface area contributed by atoms with Crippen molar-refractivity contribution in [3.8, 4) is 11.5 Å². The van der Waals surface area contributed by atoms with E-state index in [4.69, 9.17) is 14.2 Å². The molecule has 0 unspecified atom stereocenters. The van der Waals surface area contributed by atoms with E-state index in [2.05, 4.69) is 6.58 Å². The molecule has 2 aromatic carbocycles. The highest BCUT2D eigenvalue weighted by molar-refractivity contribution is 6.10. The third-order valence-electron chi connectivity index (χ3n) is 2.95. The Morgan fingerprint density at radius 1 is 1.09 bits per heavy atom. The van der Waals surface area contributed by atoms with Crippen LogP contribution in [0, 0.1) is 0 Å². The number of hydrogen-bond acceptors (Lipinski definition) is 4. The van der Waals surface area contributed by atoms with Gasteiger partial charge in [-0.3, -0.25) is 4.79 Å². The molecule has 0 saturated heterocycles. The molecule has 114 valence electrons. The predicted octanol–water partition coefficient (Wildman–Crippen LogP) is 3.47. The lowest BCUT2D eigenvalue weighted by molar-refractivity contribution is 0.0503. The Labute approximate surface area is 129 Å². The fourth-order valence-corrected chi connectivity index (χ4v) is 1.92. The van der Waals surface area contributed by atoms with Crippen LogP contribution in [0.4, 0.5) is 0 Å². The van der Waals surface area contributed by atoms with E-state index >= 15 is 0 Å². The fourth-order valence-electron chi connectivity index (χ4n) is 1.92. The van der Waals surface area contributed by atoms with Crippen LogP contribution in [-0.4, -0.2) is 26.3 Å². The highest BCUT2D eigenvalue weighted by Crippen LogP contribution is 2.22. The van der Waals surface area contributed by atoms with Gasteiger partial charge in [-0.15, -0.1) is 0 Å². The van der Waals surface area contributed by atoms with Crippen LogP contribution in [0.2, 0.25) is 0 Å². The Kier molecular flexibility index (Phi) is 5.74. The lowest BCUT2D eigenvalue weighted by Crippen LogP contribution is -2.07. The van der Waals surface area contributed by atoms with Crippen molar-refractivity contribution in [3.63, 3.8) is 0 Å². The summed E-state index contributed by atoms with van der Waals surface area (Å²) in [5, 5.41) is 0. The molecule has 0 spiro atoms. The maximum Gasteiger partial charge on any atom is 0.196 e. The molecular weight excluding hydrogens is 280 g/mol. The minimum Gasteiger partial charge on any atom is -0.490 e. The molecule has 22 heavy (non-hydrogen) atoms. The average molecular weight is 298 g/mol. The number of methoxy groups -OCH3 is 1. The van der Waals surface area contributed by atoms with Crippen molar-refractivity contribution in [2.75, 3.05) is 20.5 Å². The maximum atomic E-state index is 12.6. The Balaban J connectivity index is 2.19. The van der Waals surface area contributed by atoms with Crippen LogP contribution in [0.15, 0.2) is 61.2 Å².